The van der Waals surface area contributed by atoms with Crippen molar-refractivity contribution < 1.29 is 13.5 Å². The van der Waals surface area contributed by atoms with Crippen LogP contribution in [0.2, 0.25) is 0 Å². The molecule has 2 atom stereocenters. The minimum absolute atomic E-state index is 0.255. The van der Waals surface area contributed by atoms with Crippen LogP contribution < -0.4 is 15.4 Å². The summed E-state index contributed by atoms with van der Waals surface area (Å²) in [6.45, 7) is 2.49. The molecule has 0 aliphatic carbocycles. The molecule has 2 N–H and O–H groups in total. The summed E-state index contributed by atoms with van der Waals surface area (Å²) in [4.78, 5) is 0. The van der Waals surface area contributed by atoms with Crippen molar-refractivity contribution in [2.75, 3.05) is 13.7 Å². The topological polar surface area (TPSA) is 33.3 Å². The molecule has 140 valence electrons. The molecule has 3 rings (SSSR count). The normalized spacial score (nSPS) is 20.3. The monoisotopic (exact) mass is 360 g/mol. The van der Waals surface area contributed by atoms with Crippen molar-refractivity contribution in [3.8, 4) is 5.75 Å². The van der Waals surface area contributed by atoms with E-state index in [4.69, 9.17) is 4.74 Å². The summed E-state index contributed by atoms with van der Waals surface area (Å²) >= 11 is 0. The van der Waals surface area contributed by atoms with E-state index in [1.807, 2.05) is 24.3 Å². The molecule has 0 amide bonds. The highest BCUT2D eigenvalue weighted by Gasteiger charge is 2.28. The average molecular weight is 360 g/mol. The molecule has 0 bridgehead atoms. The zero-order chi connectivity index (χ0) is 18.6. The molecule has 0 aromatic heterocycles. The molecular weight excluding hydrogens is 334 g/mol. The van der Waals surface area contributed by atoms with Crippen LogP contribution in [0.5, 0.6) is 5.75 Å². The predicted octanol–water partition coefficient (Wildman–Crippen LogP) is 4.09. The molecule has 0 saturated carbocycles. The number of nitrogens with one attached hydrogen (secondary N) is 2. The second kappa shape index (κ2) is 8.14. The van der Waals surface area contributed by atoms with Gasteiger partial charge in [-0.15, -0.1) is 0 Å². The summed E-state index contributed by atoms with van der Waals surface area (Å²) in [5.41, 5.74) is 2.79. The van der Waals surface area contributed by atoms with Crippen LogP contribution in [0, 0.1) is 0 Å². The highest BCUT2D eigenvalue weighted by atomic mass is 19.3. The quantitative estimate of drug-likeness (QED) is 0.780. The van der Waals surface area contributed by atoms with E-state index in [0.717, 1.165) is 31.2 Å². The van der Waals surface area contributed by atoms with Crippen molar-refractivity contribution in [2.24, 2.45) is 0 Å². The second-order valence-corrected chi connectivity index (χ2v) is 7.01. The van der Waals surface area contributed by atoms with Crippen molar-refractivity contribution in [1.29, 1.82) is 0 Å². The second-order valence-electron chi connectivity index (χ2n) is 7.01. The van der Waals surface area contributed by atoms with Gasteiger partial charge in [-0.25, -0.2) is 8.78 Å². The van der Waals surface area contributed by atoms with Crippen molar-refractivity contribution in [2.45, 2.75) is 44.3 Å². The summed E-state index contributed by atoms with van der Waals surface area (Å²) in [6, 6.07) is 16.2. The number of halogens is 2. The van der Waals surface area contributed by atoms with Crippen LogP contribution >= 0.6 is 0 Å². The molecular formula is C21H26F2N2O. The standard InChI is InChI=1S/C21H26F2N2O/c1-21(22,23)13-15-8-9-19(26-2)17(12-15)14-25-18-10-11-24-20(18)16-6-4-3-5-7-16/h3-9,12,18,20,24-25H,10-11,13-14H2,1-2H3. The number of alkyl halides is 2. The first kappa shape index (κ1) is 18.8. The Hall–Kier alpha value is -1.98. The van der Waals surface area contributed by atoms with Crippen LogP contribution in [0.1, 0.15) is 36.1 Å². The van der Waals surface area contributed by atoms with E-state index in [0.29, 0.717) is 18.2 Å². The first-order chi connectivity index (χ1) is 12.5. The first-order valence-electron chi connectivity index (χ1n) is 9.01. The van der Waals surface area contributed by atoms with E-state index in [1.165, 1.54) is 5.56 Å². The smallest absolute Gasteiger partial charge is 0.249 e. The Morgan fingerprint density at radius 3 is 2.65 bits per heavy atom. The van der Waals surface area contributed by atoms with Crippen molar-refractivity contribution in [3.63, 3.8) is 0 Å². The average Bonchev–Trinajstić information content (AvgIpc) is 3.08. The third-order valence-electron chi connectivity index (χ3n) is 4.79. The van der Waals surface area contributed by atoms with E-state index in [2.05, 4.69) is 22.8 Å². The molecule has 2 aromatic rings. The zero-order valence-electron chi connectivity index (χ0n) is 15.3. The zero-order valence-corrected chi connectivity index (χ0v) is 15.3. The Bertz CT molecular complexity index is 716. The number of rotatable bonds is 7. The van der Waals surface area contributed by atoms with Crippen LogP contribution in [-0.2, 0) is 13.0 Å². The summed E-state index contributed by atoms with van der Waals surface area (Å²) in [6.07, 6.45) is 0.760. The van der Waals surface area contributed by atoms with Gasteiger partial charge in [-0.2, -0.15) is 0 Å². The van der Waals surface area contributed by atoms with Gasteiger partial charge in [0.1, 0.15) is 5.75 Å². The SMILES string of the molecule is COc1ccc(CC(C)(F)F)cc1CNC1CCNC1c1ccccc1. The number of benzene rings is 2. The molecule has 2 unspecified atom stereocenters. The summed E-state index contributed by atoms with van der Waals surface area (Å²) in [7, 11) is 1.61. The van der Waals surface area contributed by atoms with E-state index < -0.39 is 5.92 Å². The van der Waals surface area contributed by atoms with Gasteiger partial charge in [0, 0.05) is 30.6 Å². The molecule has 1 aliphatic rings. The maximum atomic E-state index is 13.3. The minimum atomic E-state index is -2.72. The van der Waals surface area contributed by atoms with Gasteiger partial charge in [0.05, 0.1) is 7.11 Å². The molecule has 1 aliphatic heterocycles. The molecule has 3 nitrogen and oxygen atoms in total. The molecule has 0 radical (unpaired) electrons. The largest absolute Gasteiger partial charge is 0.496 e. The molecule has 26 heavy (non-hydrogen) atoms. The van der Waals surface area contributed by atoms with Gasteiger partial charge in [0.2, 0.25) is 5.92 Å². The van der Waals surface area contributed by atoms with Crippen molar-refractivity contribution >= 4 is 0 Å². The van der Waals surface area contributed by atoms with Crippen LogP contribution in [-0.4, -0.2) is 25.6 Å². The Kier molecular flexibility index (Phi) is 5.89. The Morgan fingerprint density at radius 2 is 1.96 bits per heavy atom. The lowest BCUT2D eigenvalue weighted by atomic mass is 10.00. The van der Waals surface area contributed by atoms with E-state index >= 15 is 0 Å². The summed E-state index contributed by atoms with van der Waals surface area (Å²) < 4.78 is 32.1. The van der Waals surface area contributed by atoms with E-state index in [9.17, 15) is 8.78 Å². The fraction of sp³-hybridized carbons (Fsp3) is 0.429. The van der Waals surface area contributed by atoms with Gasteiger partial charge in [0.15, 0.2) is 0 Å². The molecule has 1 heterocycles. The molecule has 1 fully saturated rings. The Labute approximate surface area is 153 Å². The lowest BCUT2D eigenvalue weighted by Crippen LogP contribution is -2.34. The highest BCUT2D eigenvalue weighted by Crippen LogP contribution is 2.27. The van der Waals surface area contributed by atoms with Crippen LogP contribution in [0.4, 0.5) is 8.78 Å². The minimum Gasteiger partial charge on any atom is -0.496 e. The molecule has 1 saturated heterocycles. The summed E-state index contributed by atoms with van der Waals surface area (Å²) in [5.74, 6) is -1.99. The fourth-order valence-electron chi connectivity index (χ4n) is 3.61. The van der Waals surface area contributed by atoms with Gasteiger partial charge in [0.25, 0.3) is 0 Å². The van der Waals surface area contributed by atoms with E-state index in [1.54, 1.807) is 19.2 Å². The number of hydrogen-bond acceptors (Lipinski definition) is 3. The fourth-order valence-corrected chi connectivity index (χ4v) is 3.61. The number of methoxy groups -OCH3 is 1. The Morgan fingerprint density at radius 1 is 1.19 bits per heavy atom. The van der Waals surface area contributed by atoms with Crippen molar-refractivity contribution in [1.82, 2.24) is 10.6 Å². The molecule has 5 heteroatoms. The van der Waals surface area contributed by atoms with Gasteiger partial charge >= 0.3 is 0 Å². The highest BCUT2D eigenvalue weighted by molar-refractivity contribution is 5.38. The third kappa shape index (κ3) is 4.80. The van der Waals surface area contributed by atoms with Gasteiger partial charge in [-0.3, -0.25) is 0 Å². The van der Waals surface area contributed by atoms with Gasteiger partial charge in [-0.05, 0) is 37.1 Å². The molecule has 2 aromatic carbocycles. The number of hydrogen-bond donors (Lipinski definition) is 2. The predicted molar refractivity (Wildman–Crippen MR) is 99.7 cm³/mol. The maximum absolute atomic E-state index is 13.3. The van der Waals surface area contributed by atoms with Gasteiger partial charge < -0.3 is 15.4 Å². The van der Waals surface area contributed by atoms with E-state index in [-0.39, 0.29) is 12.5 Å². The van der Waals surface area contributed by atoms with Crippen molar-refractivity contribution in [3.05, 3.63) is 65.2 Å². The van der Waals surface area contributed by atoms with Crippen LogP contribution in [0.15, 0.2) is 48.5 Å². The number of ether oxygens (including phenoxy) is 1. The molecule has 0 spiro atoms. The lowest BCUT2D eigenvalue weighted by Gasteiger charge is -2.22. The maximum Gasteiger partial charge on any atom is 0.249 e. The summed E-state index contributed by atoms with van der Waals surface area (Å²) in [5, 5.41) is 7.12. The lowest BCUT2D eigenvalue weighted by molar-refractivity contribution is 0.0226. The first-order valence-corrected chi connectivity index (χ1v) is 9.01. The Balaban J connectivity index is 1.71. The van der Waals surface area contributed by atoms with Gasteiger partial charge in [-0.1, -0.05) is 42.5 Å². The third-order valence-corrected chi connectivity index (χ3v) is 4.79. The van der Waals surface area contributed by atoms with Crippen LogP contribution in [0.3, 0.4) is 0 Å². The van der Waals surface area contributed by atoms with Crippen LogP contribution in [0.25, 0.3) is 0 Å².